The van der Waals surface area contributed by atoms with Crippen molar-refractivity contribution in [3.8, 4) is 0 Å². The minimum atomic E-state index is -0.231. The van der Waals surface area contributed by atoms with Gasteiger partial charge in [-0.15, -0.1) is 0 Å². The van der Waals surface area contributed by atoms with Crippen molar-refractivity contribution in [2.45, 2.75) is 46.5 Å². The van der Waals surface area contributed by atoms with Gasteiger partial charge in [-0.1, -0.05) is 25.5 Å². The number of urea groups is 1. The van der Waals surface area contributed by atoms with E-state index < -0.39 is 0 Å². The first-order valence-electron chi connectivity index (χ1n) is 10.5. The van der Waals surface area contributed by atoms with Gasteiger partial charge in [0, 0.05) is 50.4 Å². The molecule has 31 heavy (non-hydrogen) atoms. The first kappa shape index (κ1) is 23.9. The smallest absolute Gasteiger partial charge is 0.319 e. The molecule has 0 spiro atoms. The Kier molecular flexibility index (Phi) is 9.48. The maximum Gasteiger partial charge on any atom is 0.319 e. The van der Waals surface area contributed by atoms with Crippen LogP contribution in [0.1, 0.15) is 45.7 Å². The first-order chi connectivity index (χ1) is 14.9. The van der Waals surface area contributed by atoms with Crippen LogP contribution in [0.4, 0.5) is 4.79 Å². The van der Waals surface area contributed by atoms with Crippen molar-refractivity contribution in [1.29, 1.82) is 0 Å². The summed E-state index contributed by atoms with van der Waals surface area (Å²) in [5.74, 6) is 0. The van der Waals surface area contributed by atoms with Crippen LogP contribution >= 0.6 is 0 Å². The summed E-state index contributed by atoms with van der Waals surface area (Å²) >= 11 is 0. The fourth-order valence-corrected chi connectivity index (χ4v) is 2.98. The summed E-state index contributed by atoms with van der Waals surface area (Å²) in [6.07, 6.45) is 16.0. The molecular weight excluding hydrogens is 392 g/mol. The molecule has 0 unspecified atom stereocenters. The fraction of sp³-hybridized carbons (Fsp3) is 0.391. The number of hydrazone groups is 1. The number of hydrogen-bond donors (Lipinski definition) is 2. The molecule has 1 aromatic heterocycles. The third-order valence-electron chi connectivity index (χ3n) is 4.51. The molecule has 0 radical (unpaired) electrons. The molecule has 2 N–H and O–H groups in total. The van der Waals surface area contributed by atoms with Gasteiger partial charge >= 0.3 is 6.03 Å². The Balaban J connectivity index is 2.16. The van der Waals surface area contributed by atoms with Crippen LogP contribution in [0.5, 0.6) is 0 Å². The van der Waals surface area contributed by atoms with Crippen LogP contribution in [0.25, 0.3) is 5.70 Å². The third-order valence-corrected chi connectivity index (χ3v) is 4.51. The van der Waals surface area contributed by atoms with Crippen LogP contribution in [0.2, 0.25) is 0 Å². The Hall–Kier alpha value is -3.42. The van der Waals surface area contributed by atoms with E-state index in [-0.39, 0.29) is 11.5 Å². The molecule has 1 aliphatic rings. The van der Waals surface area contributed by atoms with Crippen LogP contribution in [-0.2, 0) is 6.42 Å². The van der Waals surface area contributed by atoms with E-state index in [2.05, 4.69) is 27.8 Å². The zero-order valence-electron chi connectivity index (χ0n) is 18.8. The standard InChI is InChI=1S/C23H32N6O2/c1-5-7-13-24-23(31)26-20-11-9-8-10-19(15-20)16-21-22(30)12-14-29(27-21)18(3)17-28(4)25-6-2/h6,9-12,14-15,17H,5,7-8,13,16H2,1-4H3,(H2,24,26,31)/b18-17+,25-6-. The topological polar surface area (TPSA) is 91.6 Å². The lowest BCUT2D eigenvalue weighted by atomic mass is 10.1. The van der Waals surface area contributed by atoms with E-state index >= 15 is 0 Å². The summed E-state index contributed by atoms with van der Waals surface area (Å²) < 4.78 is 1.66. The summed E-state index contributed by atoms with van der Waals surface area (Å²) in [6.45, 7) is 6.46. The van der Waals surface area contributed by atoms with E-state index in [1.807, 2.05) is 51.4 Å². The molecule has 0 aromatic carbocycles. The molecule has 2 amide bonds. The quantitative estimate of drug-likeness (QED) is 0.361. The molecule has 2 rings (SSSR count). The Morgan fingerprint density at radius 3 is 2.97 bits per heavy atom. The van der Waals surface area contributed by atoms with Gasteiger partial charge in [0.25, 0.3) is 0 Å². The van der Waals surface area contributed by atoms with Gasteiger partial charge in [-0.2, -0.15) is 10.2 Å². The van der Waals surface area contributed by atoms with Gasteiger partial charge in [-0.05, 0) is 44.4 Å². The van der Waals surface area contributed by atoms with Crippen LogP contribution in [-0.4, -0.2) is 40.6 Å². The second-order valence-corrected chi connectivity index (χ2v) is 7.22. The van der Waals surface area contributed by atoms with Crippen LogP contribution < -0.4 is 16.1 Å². The molecule has 1 heterocycles. The number of allylic oxidation sites excluding steroid dienone is 6. The summed E-state index contributed by atoms with van der Waals surface area (Å²) in [6, 6.07) is 1.29. The van der Waals surface area contributed by atoms with Gasteiger partial charge in [-0.25, -0.2) is 9.48 Å². The molecule has 0 saturated heterocycles. The normalized spacial score (nSPS) is 14.1. The predicted octanol–water partition coefficient (Wildman–Crippen LogP) is 3.41. The number of nitrogens with zero attached hydrogens (tertiary/aromatic N) is 4. The number of aromatic nitrogens is 2. The average Bonchev–Trinajstić information content (AvgIpc) is 2.94. The number of amides is 2. The Labute approximate surface area is 183 Å². The number of unbranched alkanes of at least 4 members (excludes halogenated alkanes) is 1. The predicted molar refractivity (Wildman–Crippen MR) is 125 cm³/mol. The molecule has 166 valence electrons. The zero-order valence-corrected chi connectivity index (χ0v) is 18.8. The molecule has 8 heteroatoms. The lowest BCUT2D eigenvalue weighted by molar-refractivity contribution is 0.243. The molecule has 8 nitrogen and oxygen atoms in total. The van der Waals surface area contributed by atoms with E-state index in [0.29, 0.717) is 30.8 Å². The Bertz CT molecular complexity index is 969. The van der Waals surface area contributed by atoms with E-state index in [4.69, 9.17) is 0 Å². The van der Waals surface area contributed by atoms with Crippen molar-refractivity contribution in [2.75, 3.05) is 13.6 Å². The zero-order chi connectivity index (χ0) is 22.6. The second kappa shape index (κ2) is 12.3. The first-order valence-corrected chi connectivity index (χ1v) is 10.5. The highest BCUT2D eigenvalue weighted by Gasteiger charge is 2.09. The highest BCUT2D eigenvalue weighted by atomic mass is 16.2. The number of carbonyl (C=O) groups is 1. The third kappa shape index (κ3) is 8.08. The molecule has 0 saturated carbocycles. The van der Waals surface area contributed by atoms with Crippen LogP contribution in [0, 0.1) is 0 Å². The number of hydrogen-bond acceptors (Lipinski definition) is 5. The van der Waals surface area contributed by atoms with Gasteiger partial charge in [0.15, 0.2) is 0 Å². The summed E-state index contributed by atoms with van der Waals surface area (Å²) in [5, 5.41) is 16.1. The van der Waals surface area contributed by atoms with E-state index in [1.54, 1.807) is 22.1 Å². The summed E-state index contributed by atoms with van der Waals surface area (Å²) in [7, 11) is 1.83. The molecule has 0 fully saturated rings. The SMILES string of the molecule is C/C=N\N(C)/C=C(\C)n1ccc(=O)c(CC2=CCC=CC(NC(=O)NCCCC)=C2)n1. The molecular formula is C23H32N6O2. The Morgan fingerprint density at radius 2 is 2.23 bits per heavy atom. The van der Waals surface area contributed by atoms with Gasteiger partial charge in [0.05, 0.1) is 5.70 Å². The second-order valence-electron chi connectivity index (χ2n) is 7.22. The number of carbonyl (C=O) groups excluding carboxylic acids is 1. The van der Waals surface area contributed by atoms with E-state index in [9.17, 15) is 9.59 Å². The van der Waals surface area contributed by atoms with E-state index in [0.717, 1.165) is 24.1 Å². The van der Waals surface area contributed by atoms with Crippen molar-refractivity contribution in [3.05, 3.63) is 70.0 Å². The minimum Gasteiger partial charge on any atom is -0.338 e. The lowest BCUT2D eigenvalue weighted by Gasteiger charge is -2.12. The van der Waals surface area contributed by atoms with Gasteiger partial charge in [0.1, 0.15) is 5.69 Å². The van der Waals surface area contributed by atoms with Crippen molar-refractivity contribution in [3.63, 3.8) is 0 Å². The average molecular weight is 425 g/mol. The van der Waals surface area contributed by atoms with Gasteiger partial charge < -0.3 is 10.6 Å². The number of nitrogens with one attached hydrogen (secondary N) is 2. The summed E-state index contributed by atoms with van der Waals surface area (Å²) in [4.78, 5) is 24.5. The molecule has 0 atom stereocenters. The van der Waals surface area contributed by atoms with Crippen molar-refractivity contribution in [2.24, 2.45) is 5.10 Å². The fourth-order valence-electron chi connectivity index (χ4n) is 2.98. The lowest BCUT2D eigenvalue weighted by Crippen LogP contribution is -2.35. The monoisotopic (exact) mass is 424 g/mol. The van der Waals surface area contributed by atoms with Crippen LogP contribution in [0.3, 0.4) is 0 Å². The number of rotatable bonds is 9. The van der Waals surface area contributed by atoms with Crippen molar-refractivity contribution >= 4 is 17.9 Å². The highest BCUT2D eigenvalue weighted by molar-refractivity contribution is 5.76. The van der Waals surface area contributed by atoms with Gasteiger partial charge in [-0.3, -0.25) is 9.80 Å². The maximum absolute atomic E-state index is 12.4. The summed E-state index contributed by atoms with van der Waals surface area (Å²) in [5.41, 5.74) is 2.75. The molecule has 0 bridgehead atoms. The van der Waals surface area contributed by atoms with Crippen LogP contribution in [0.15, 0.2) is 63.9 Å². The largest absolute Gasteiger partial charge is 0.338 e. The van der Waals surface area contributed by atoms with Crippen molar-refractivity contribution in [1.82, 2.24) is 25.4 Å². The van der Waals surface area contributed by atoms with E-state index in [1.165, 1.54) is 6.07 Å². The Morgan fingerprint density at radius 1 is 1.42 bits per heavy atom. The molecule has 0 aliphatic heterocycles. The van der Waals surface area contributed by atoms with Gasteiger partial charge in [0.2, 0.25) is 5.43 Å². The minimum absolute atomic E-state index is 0.123. The highest BCUT2D eigenvalue weighted by Crippen LogP contribution is 2.13. The van der Waals surface area contributed by atoms with Crippen molar-refractivity contribution < 1.29 is 4.79 Å². The molecule has 1 aliphatic carbocycles. The molecule has 1 aromatic rings. The maximum atomic E-state index is 12.4.